The lowest BCUT2D eigenvalue weighted by atomic mass is 9.93. The number of rotatable bonds is 7. The van der Waals surface area contributed by atoms with Crippen molar-refractivity contribution in [3.63, 3.8) is 0 Å². The number of benzene rings is 2. The Bertz CT molecular complexity index is 1300. The predicted molar refractivity (Wildman–Crippen MR) is 144 cm³/mol. The lowest BCUT2D eigenvalue weighted by Gasteiger charge is -2.30. The average molecular weight is 521 g/mol. The van der Waals surface area contributed by atoms with Crippen LogP contribution in [0.3, 0.4) is 0 Å². The van der Waals surface area contributed by atoms with E-state index in [0.717, 1.165) is 31.2 Å². The standard InChI is InChI=1S/C29H33FN4O2S/c1-18(2)20-13-15-21(16-14-20)26-25(27(35)36-23-10-5-4-6-11-23)19(3)31-28-32-29(33-34(26)28)37-17-22-9-7-8-12-24(22)30/h7-9,12-16,18,23,26H,4-6,10-11,17H2,1-3H3,(H,31,32,33). The van der Waals surface area contributed by atoms with Gasteiger partial charge < -0.3 is 10.1 Å². The van der Waals surface area contributed by atoms with E-state index in [-0.39, 0.29) is 17.9 Å². The normalized spacial score (nSPS) is 18.0. The summed E-state index contributed by atoms with van der Waals surface area (Å²) in [7, 11) is 0. The number of carbonyl (C=O) groups excluding carboxylic acids is 1. The van der Waals surface area contributed by atoms with E-state index in [2.05, 4.69) is 48.4 Å². The summed E-state index contributed by atoms with van der Waals surface area (Å²) >= 11 is 1.37. The number of fused-ring (bicyclic) bond motifs is 1. The molecule has 194 valence electrons. The van der Waals surface area contributed by atoms with Gasteiger partial charge in [-0.1, -0.05) is 74.5 Å². The van der Waals surface area contributed by atoms with Crippen LogP contribution >= 0.6 is 11.8 Å². The Morgan fingerprint density at radius 3 is 2.57 bits per heavy atom. The molecule has 2 aromatic carbocycles. The van der Waals surface area contributed by atoms with E-state index in [4.69, 9.17) is 9.84 Å². The molecule has 2 heterocycles. The van der Waals surface area contributed by atoms with E-state index in [9.17, 15) is 9.18 Å². The lowest BCUT2D eigenvalue weighted by Crippen LogP contribution is -2.32. The van der Waals surface area contributed by atoms with Gasteiger partial charge in [0.2, 0.25) is 11.1 Å². The maximum Gasteiger partial charge on any atom is 0.338 e. The van der Waals surface area contributed by atoms with Crippen molar-refractivity contribution >= 4 is 23.7 Å². The largest absolute Gasteiger partial charge is 0.459 e. The van der Waals surface area contributed by atoms with Crippen LogP contribution in [0.25, 0.3) is 0 Å². The van der Waals surface area contributed by atoms with Gasteiger partial charge in [-0.15, -0.1) is 5.10 Å². The zero-order chi connectivity index (χ0) is 25.9. The molecule has 1 atom stereocenters. The van der Waals surface area contributed by atoms with Crippen molar-refractivity contribution in [3.05, 3.63) is 82.3 Å². The Morgan fingerprint density at radius 2 is 1.86 bits per heavy atom. The van der Waals surface area contributed by atoms with Gasteiger partial charge in [0.1, 0.15) is 18.0 Å². The maximum absolute atomic E-state index is 14.1. The van der Waals surface area contributed by atoms with Crippen LogP contribution in [0.2, 0.25) is 0 Å². The smallest absolute Gasteiger partial charge is 0.338 e. The SMILES string of the molecule is CC1=C(C(=O)OC2CCCCC2)C(c2ccc(C(C)C)cc2)n2nc(SCc3ccccc3F)nc2N1. The lowest BCUT2D eigenvalue weighted by molar-refractivity contribution is -0.146. The highest BCUT2D eigenvalue weighted by Gasteiger charge is 2.36. The summed E-state index contributed by atoms with van der Waals surface area (Å²) < 4.78 is 21.9. The first-order valence-corrected chi connectivity index (χ1v) is 14.0. The highest BCUT2D eigenvalue weighted by Crippen LogP contribution is 2.38. The van der Waals surface area contributed by atoms with Crippen LogP contribution in [0.1, 0.15) is 81.5 Å². The number of thioether (sulfide) groups is 1. The molecule has 1 aliphatic carbocycles. The molecule has 1 aromatic heterocycles. The number of hydrogen-bond donors (Lipinski definition) is 1. The van der Waals surface area contributed by atoms with E-state index in [1.165, 1.54) is 29.8 Å². The number of hydrogen-bond acceptors (Lipinski definition) is 6. The van der Waals surface area contributed by atoms with Crippen molar-refractivity contribution in [2.75, 3.05) is 5.32 Å². The van der Waals surface area contributed by atoms with E-state index in [0.29, 0.717) is 39.6 Å². The van der Waals surface area contributed by atoms with Gasteiger partial charge >= 0.3 is 5.97 Å². The highest BCUT2D eigenvalue weighted by atomic mass is 32.2. The van der Waals surface area contributed by atoms with Gasteiger partial charge in [0.15, 0.2) is 0 Å². The van der Waals surface area contributed by atoms with Crippen LogP contribution in [-0.4, -0.2) is 26.8 Å². The molecule has 5 rings (SSSR count). The molecule has 0 radical (unpaired) electrons. The second-order valence-corrected chi connectivity index (χ2v) is 11.0. The van der Waals surface area contributed by atoms with Gasteiger partial charge in [-0.2, -0.15) is 4.98 Å². The molecule has 1 aliphatic heterocycles. The van der Waals surface area contributed by atoms with Gasteiger partial charge in [0.25, 0.3) is 0 Å². The molecule has 3 aromatic rings. The minimum atomic E-state index is -0.469. The average Bonchev–Trinajstić information content (AvgIpc) is 3.30. The quantitative estimate of drug-likeness (QED) is 0.267. The second-order valence-electron chi connectivity index (χ2n) is 10.1. The fourth-order valence-corrected chi connectivity index (χ4v) is 5.80. The van der Waals surface area contributed by atoms with E-state index in [1.807, 2.05) is 13.0 Å². The number of ether oxygens (including phenoxy) is 1. The van der Waals surface area contributed by atoms with Crippen molar-refractivity contribution < 1.29 is 13.9 Å². The molecule has 8 heteroatoms. The number of anilines is 1. The minimum absolute atomic E-state index is 0.0467. The van der Waals surface area contributed by atoms with Crippen molar-refractivity contribution in [1.82, 2.24) is 14.8 Å². The van der Waals surface area contributed by atoms with Crippen LogP contribution in [-0.2, 0) is 15.3 Å². The highest BCUT2D eigenvalue weighted by molar-refractivity contribution is 7.98. The van der Waals surface area contributed by atoms with Gasteiger partial charge in [0, 0.05) is 11.4 Å². The number of nitrogens with one attached hydrogen (secondary N) is 1. The molecule has 6 nitrogen and oxygen atoms in total. The topological polar surface area (TPSA) is 69.0 Å². The summed E-state index contributed by atoms with van der Waals surface area (Å²) in [5.41, 5.74) is 4.03. The molecule has 0 amide bonds. The molecule has 1 N–H and O–H groups in total. The van der Waals surface area contributed by atoms with Gasteiger partial charge in [-0.05, 0) is 61.3 Å². The first kappa shape index (κ1) is 25.5. The molecule has 1 saturated carbocycles. The fraction of sp³-hybridized carbons (Fsp3) is 0.414. The third-order valence-corrected chi connectivity index (χ3v) is 8.00. The molecular weight excluding hydrogens is 487 g/mol. The summed E-state index contributed by atoms with van der Waals surface area (Å²) in [5, 5.41) is 8.55. The summed E-state index contributed by atoms with van der Waals surface area (Å²) in [6, 6.07) is 14.6. The van der Waals surface area contributed by atoms with Crippen LogP contribution in [0, 0.1) is 5.82 Å². The summed E-state index contributed by atoms with van der Waals surface area (Å²) in [5.74, 6) is 0.813. The molecular formula is C29H33FN4O2S. The third kappa shape index (κ3) is 5.59. The van der Waals surface area contributed by atoms with E-state index >= 15 is 0 Å². The van der Waals surface area contributed by atoms with Gasteiger partial charge in [-0.3, -0.25) is 0 Å². The first-order chi connectivity index (χ1) is 17.9. The Hall–Kier alpha value is -3.13. The Morgan fingerprint density at radius 1 is 1.14 bits per heavy atom. The van der Waals surface area contributed by atoms with Crippen LogP contribution in [0.5, 0.6) is 0 Å². The van der Waals surface area contributed by atoms with Crippen molar-refractivity contribution in [2.24, 2.45) is 0 Å². The molecule has 0 saturated heterocycles. The van der Waals surface area contributed by atoms with Crippen LogP contribution in [0.15, 0.2) is 65.0 Å². The Balaban J connectivity index is 1.47. The number of halogens is 1. The van der Waals surface area contributed by atoms with Crippen molar-refractivity contribution in [1.29, 1.82) is 0 Å². The van der Waals surface area contributed by atoms with Crippen molar-refractivity contribution in [2.45, 2.75) is 81.8 Å². The monoisotopic (exact) mass is 520 g/mol. The molecule has 1 fully saturated rings. The molecule has 1 unspecified atom stereocenters. The number of allylic oxidation sites excluding steroid dienone is 1. The van der Waals surface area contributed by atoms with Crippen LogP contribution < -0.4 is 5.32 Å². The molecule has 0 spiro atoms. The Kier molecular flexibility index (Phi) is 7.65. The second kappa shape index (κ2) is 11.1. The minimum Gasteiger partial charge on any atom is -0.459 e. The fourth-order valence-electron chi connectivity index (χ4n) is 4.98. The van der Waals surface area contributed by atoms with E-state index in [1.54, 1.807) is 16.8 Å². The van der Waals surface area contributed by atoms with Crippen LogP contribution in [0.4, 0.5) is 10.3 Å². The number of nitrogens with zero attached hydrogens (tertiary/aromatic N) is 3. The summed E-state index contributed by atoms with van der Waals surface area (Å²) in [6.07, 6.45) is 5.14. The number of esters is 1. The maximum atomic E-state index is 14.1. The molecule has 0 bridgehead atoms. The third-order valence-electron chi connectivity index (χ3n) is 7.11. The van der Waals surface area contributed by atoms with Crippen molar-refractivity contribution in [3.8, 4) is 0 Å². The van der Waals surface area contributed by atoms with E-state index < -0.39 is 6.04 Å². The molecule has 37 heavy (non-hydrogen) atoms. The number of carbonyl (C=O) groups is 1. The predicted octanol–water partition coefficient (Wildman–Crippen LogP) is 7.00. The van der Waals surface area contributed by atoms with Gasteiger partial charge in [0.05, 0.1) is 5.57 Å². The van der Waals surface area contributed by atoms with Gasteiger partial charge in [-0.25, -0.2) is 13.9 Å². The zero-order valence-electron chi connectivity index (χ0n) is 21.5. The molecule has 2 aliphatic rings. The summed E-state index contributed by atoms with van der Waals surface area (Å²) in [4.78, 5) is 18.2. The summed E-state index contributed by atoms with van der Waals surface area (Å²) in [6.45, 7) is 6.20. The zero-order valence-corrected chi connectivity index (χ0v) is 22.4. The number of aromatic nitrogens is 3. The Labute approximate surface area is 221 Å². The first-order valence-electron chi connectivity index (χ1n) is 13.0.